The lowest BCUT2D eigenvalue weighted by Crippen LogP contribution is -2.71. The Balaban J connectivity index is 1.15. The highest BCUT2D eigenvalue weighted by Gasteiger charge is 2.52. The van der Waals surface area contributed by atoms with Gasteiger partial charge in [0.1, 0.15) is 35.2 Å². The fraction of sp³-hybridized carbons (Fsp3) is 0.250. The maximum Gasteiger partial charge on any atom is 0.226 e. The molecule has 0 bridgehead atoms. The first-order valence-electron chi connectivity index (χ1n) is 11.4. The Morgan fingerprint density at radius 1 is 1.06 bits per heavy atom. The lowest BCUT2D eigenvalue weighted by Gasteiger charge is -2.57. The zero-order valence-corrected chi connectivity index (χ0v) is 18.9. The van der Waals surface area contributed by atoms with Gasteiger partial charge in [-0.1, -0.05) is 0 Å². The van der Waals surface area contributed by atoms with E-state index in [0.717, 1.165) is 48.8 Å². The number of hydrogen-bond acceptors (Lipinski definition) is 10. The van der Waals surface area contributed by atoms with Gasteiger partial charge in [-0.2, -0.15) is 5.10 Å². The molecule has 0 aliphatic carbocycles. The molecule has 7 rings (SSSR count). The molecule has 1 N–H and O–H groups in total. The summed E-state index contributed by atoms with van der Waals surface area (Å²) in [7, 11) is 0. The van der Waals surface area contributed by atoms with E-state index in [1.807, 2.05) is 43.5 Å². The van der Waals surface area contributed by atoms with Crippen molar-refractivity contribution in [2.45, 2.75) is 18.9 Å². The number of pyridine rings is 1. The molecule has 0 amide bonds. The highest BCUT2D eigenvalue weighted by Crippen LogP contribution is 2.40. The van der Waals surface area contributed by atoms with Gasteiger partial charge in [-0.25, -0.2) is 29.4 Å². The number of aromatic nitrogens is 7. The Kier molecular flexibility index (Phi) is 4.33. The average Bonchev–Trinajstić information content (AvgIpc) is 3.28. The summed E-state index contributed by atoms with van der Waals surface area (Å²) < 4.78 is 13.2. The molecule has 2 aliphatic heterocycles. The van der Waals surface area contributed by atoms with Gasteiger partial charge in [0.15, 0.2) is 11.5 Å². The van der Waals surface area contributed by atoms with Crippen LogP contribution in [0, 0.1) is 6.92 Å². The van der Waals surface area contributed by atoms with Gasteiger partial charge >= 0.3 is 0 Å². The maximum absolute atomic E-state index is 6.09. The number of nitrogens with zero attached hydrogens (tertiary/aromatic N) is 8. The quantitative estimate of drug-likeness (QED) is 0.413. The lowest BCUT2D eigenvalue weighted by molar-refractivity contribution is -0.0855. The predicted octanol–water partition coefficient (Wildman–Crippen LogP) is 3.29. The molecule has 0 atom stereocenters. The van der Waals surface area contributed by atoms with Gasteiger partial charge in [0, 0.05) is 24.5 Å². The zero-order valence-electron chi connectivity index (χ0n) is 18.9. The molecule has 5 aromatic rings. The molecule has 0 unspecified atom stereocenters. The summed E-state index contributed by atoms with van der Waals surface area (Å²) >= 11 is 0. The van der Waals surface area contributed by atoms with Crippen molar-refractivity contribution in [2.24, 2.45) is 0 Å². The van der Waals surface area contributed by atoms with Crippen molar-refractivity contribution in [3.63, 3.8) is 0 Å². The van der Waals surface area contributed by atoms with E-state index in [4.69, 9.17) is 14.5 Å². The van der Waals surface area contributed by atoms with Crippen LogP contribution >= 0.6 is 0 Å². The summed E-state index contributed by atoms with van der Waals surface area (Å²) in [6.07, 6.45) is 7.71. The van der Waals surface area contributed by atoms with Gasteiger partial charge in [-0.05, 0) is 43.2 Å². The number of hydrogen-bond donors (Lipinski definition) is 1. The largest absolute Gasteiger partial charge is 0.457 e. The van der Waals surface area contributed by atoms with Crippen molar-refractivity contribution >= 4 is 34.1 Å². The van der Waals surface area contributed by atoms with Crippen molar-refractivity contribution in [3.05, 3.63) is 60.9 Å². The van der Waals surface area contributed by atoms with E-state index in [1.165, 1.54) is 12.7 Å². The van der Waals surface area contributed by atoms with Gasteiger partial charge in [0.2, 0.25) is 5.95 Å². The molecule has 1 spiro atoms. The minimum atomic E-state index is 0.0580. The van der Waals surface area contributed by atoms with Crippen LogP contribution in [0.2, 0.25) is 0 Å². The smallest absolute Gasteiger partial charge is 0.226 e. The monoisotopic (exact) mass is 467 g/mol. The second-order valence-corrected chi connectivity index (χ2v) is 8.88. The van der Waals surface area contributed by atoms with Gasteiger partial charge < -0.3 is 19.7 Å². The van der Waals surface area contributed by atoms with Crippen LogP contribution in [-0.2, 0) is 4.74 Å². The molecule has 0 radical (unpaired) electrons. The number of anilines is 3. The van der Waals surface area contributed by atoms with Crippen molar-refractivity contribution in [3.8, 4) is 11.5 Å². The summed E-state index contributed by atoms with van der Waals surface area (Å²) in [5.74, 6) is 2.77. The van der Waals surface area contributed by atoms with E-state index in [-0.39, 0.29) is 5.54 Å². The van der Waals surface area contributed by atoms with Gasteiger partial charge in [0.25, 0.3) is 0 Å². The summed E-state index contributed by atoms with van der Waals surface area (Å²) in [5, 5.41) is 7.50. The zero-order chi connectivity index (χ0) is 23.4. The third kappa shape index (κ3) is 3.31. The Morgan fingerprint density at radius 3 is 2.80 bits per heavy atom. The molecule has 4 aromatic heterocycles. The number of aryl methyl sites for hydroxylation is 1. The van der Waals surface area contributed by atoms with Crippen LogP contribution < -0.4 is 15.0 Å². The van der Waals surface area contributed by atoms with Crippen molar-refractivity contribution in [2.75, 3.05) is 30.0 Å². The maximum atomic E-state index is 6.09. The normalized spacial score (nSPS) is 16.3. The Bertz CT molecular complexity index is 1570. The van der Waals surface area contributed by atoms with E-state index in [2.05, 4.69) is 35.3 Å². The molecule has 35 heavy (non-hydrogen) atoms. The predicted molar refractivity (Wildman–Crippen MR) is 128 cm³/mol. The number of ether oxygens (including phenoxy) is 2. The van der Waals surface area contributed by atoms with Crippen molar-refractivity contribution in [1.29, 1.82) is 0 Å². The van der Waals surface area contributed by atoms with Gasteiger partial charge in [0.05, 0.1) is 24.9 Å². The highest BCUT2D eigenvalue weighted by atomic mass is 16.5. The Morgan fingerprint density at radius 2 is 2.00 bits per heavy atom. The first-order chi connectivity index (χ1) is 17.2. The molecule has 1 aromatic carbocycles. The second kappa shape index (κ2) is 7.57. The van der Waals surface area contributed by atoms with Crippen LogP contribution in [0.15, 0.2) is 55.4 Å². The van der Waals surface area contributed by atoms with E-state index >= 15 is 0 Å². The van der Waals surface area contributed by atoms with E-state index in [9.17, 15) is 0 Å². The summed E-state index contributed by atoms with van der Waals surface area (Å²) in [5.41, 5.74) is 3.99. The molecule has 2 fully saturated rings. The SMILES string of the molecule is Cc1cc(Nc2ncnc3cnc(N4CCC45COC5)nc23)ccc1Oc1ccn2ncnc2c1. The minimum absolute atomic E-state index is 0.0580. The van der Waals surface area contributed by atoms with Crippen LogP contribution in [0.3, 0.4) is 0 Å². The molecule has 11 heteroatoms. The molecule has 11 nitrogen and oxygen atoms in total. The standard InChI is InChI=1S/C24H21N9O2/c1-15-8-16(2-3-19(15)35-17-4-6-33-20(9-17)27-14-29-33)30-22-21-18(26-13-28-22)10-25-23(31-21)32-7-5-24(32)11-34-12-24/h2-4,6,8-10,13-14H,5,7,11-12H2,1H3,(H,26,28,30). The summed E-state index contributed by atoms with van der Waals surface area (Å²) in [6.45, 7) is 4.38. The molecule has 174 valence electrons. The Hall–Kier alpha value is -4.38. The van der Waals surface area contributed by atoms with Crippen LogP contribution in [-0.4, -0.2) is 59.8 Å². The molecule has 2 saturated heterocycles. The molecule has 6 heterocycles. The third-order valence-electron chi connectivity index (χ3n) is 6.64. The van der Waals surface area contributed by atoms with Crippen LogP contribution in [0.25, 0.3) is 16.7 Å². The Labute approximate surface area is 199 Å². The first-order valence-corrected chi connectivity index (χ1v) is 11.4. The minimum Gasteiger partial charge on any atom is -0.457 e. The van der Waals surface area contributed by atoms with Crippen LogP contribution in [0.1, 0.15) is 12.0 Å². The number of rotatable bonds is 5. The van der Waals surface area contributed by atoms with E-state index < -0.39 is 0 Å². The van der Waals surface area contributed by atoms with E-state index in [0.29, 0.717) is 28.5 Å². The molecule has 0 saturated carbocycles. The topological polar surface area (TPSA) is 115 Å². The third-order valence-corrected chi connectivity index (χ3v) is 6.64. The van der Waals surface area contributed by atoms with Crippen molar-refractivity contribution < 1.29 is 9.47 Å². The van der Waals surface area contributed by atoms with Gasteiger partial charge in [-0.3, -0.25) is 0 Å². The first kappa shape index (κ1) is 20.0. The van der Waals surface area contributed by atoms with Crippen LogP contribution in [0.4, 0.5) is 17.5 Å². The second-order valence-electron chi connectivity index (χ2n) is 8.88. The number of nitrogens with one attached hydrogen (secondary N) is 1. The number of fused-ring (bicyclic) bond motifs is 2. The van der Waals surface area contributed by atoms with Gasteiger partial charge in [-0.15, -0.1) is 0 Å². The van der Waals surface area contributed by atoms with Crippen molar-refractivity contribution in [1.82, 2.24) is 34.5 Å². The van der Waals surface area contributed by atoms with Crippen LogP contribution in [0.5, 0.6) is 11.5 Å². The fourth-order valence-electron chi connectivity index (χ4n) is 4.52. The molecule has 2 aliphatic rings. The average molecular weight is 467 g/mol. The summed E-state index contributed by atoms with van der Waals surface area (Å²) in [4.78, 5) is 24.6. The van der Waals surface area contributed by atoms with E-state index in [1.54, 1.807) is 10.7 Å². The summed E-state index contributed by atoms with van der Waals surface area (Å²) in [6, 6.07) is 9.59. The highest BCUT2D eigenvalue weighted by molar-refractivity contribution is 5.87. The fourth-order valence-corrected chi connectivity index (χ4v) is 4.52. The lowest BCUT2D eigenvalue weighted by atomic mass is 9.83. The molecular weight excluding hydrogens is 446 g/mol. The number of benzene rings is 1. The molecular formula is C24H21N9O2.